The van der Waals surface area contributed by atoms with Crippen molar-refractivity contribution in [3.8, 4) is 0 Å². The maximum absolute atomic E-state index is 12.9. The molecule has 0 bridgehead atoms. The van der Waals surface area contributed by atoms with E-state index < -0.39 is 6.10 Å². The van der Waals surface area contributed by atoms with Crippen LogP contribution in [0.1, 0.15) is 37.9 Å². The number of aliphatic hydroxyl groups is 1. The molecule has 2 N–H and O–H groups in total. The molecular weight excluding hydrogens is 257 g/mol. The first-order chi connectivity index (χ1) is 9.60. The summed E-state index contributed by atoms with van der Waals surface area (Å²) in [5, 5.41) is 13.7. The molecule has 0 amide bonds. The summed E-state index contributed by atoms with van der Waals surface area (Å²) >= 11 is 0. The predicted molar refractivity (Wildman–Crippen MR) is 77.0 cm³/mol. The van der Waals surface area contributed by atoms with Gasteiger partial charge in [0.05, 0.1) is 12.7 Å². The van der Waals surface area contributed by atoms with Gasteiger partial charge in [-0.3, -0.25) is 0 Å². The van der Waals surface area contributed by atoms with Gasteiger partial charge in [-0.1, -0.05) is 12.1 Å². The maximum atomic E-state index is 12.9. The number of rotatable bonds is 8. The molecule has 2 rings (SSSR count). The topological polar surface area (TPSA) is 41.5 Å². The van der Waals surface area contributed by atoms with Crippen molar-refractivity contribution >= 4 is 0 Å². The van der Waals surface area contributed by atoms with E-state index in [2.05, 4.69) is 12.2 Å². The van der Waals surface area contributed by atoms with E-state index in [1.807, 2.05) is 0 Å². The Bertz CT molecular complexity index is 405. The van der Waals surface area contributed by atoms with Crippen molar-refractivity contribution < 1.29 is 14.2 Å². The van der Waals surface area contributed by atoms with Gasteiger partial charge in [-0.15, -0.1) is 0 Å². The van der Waals surface area contributed by atoms with Gasteiger partial charge in [0, 0.05) is 19.2 Å². The molecule has 0 spiro atoms. The Kier molecular flexibility index (Phi) is 5.52. The van der Waals surface area contributed by atoms with E-state index in [0.717, 1.165) is 5.56 Å². The van der Waals surface area contributed by atoms with E-state index in [1.165, 1.54) is 25.0 Å². The smallest absolute Gasteiger partial charge is 0.123 e. The summed E-state index contributed by atoms with van der Waals surface area (Å²) in [6.07, 6.45) is 2.56. The minimum atomic E-state index is -0.569. The lowest BCUT2D eigenvalue weighted by atomic mass is 10.0. The summed E-state index contributed by atoms with van der Waals surface area (Å²) < 4.78 is 18.1. The predicted octanol–water partition coefficient (Wildman–Crippen LogP) is 2.65. The molecule has 4 heteroatoms. The summed E-state index contributed by atoms with van der Waals surface area (Å²) in [5.74, 6) is 0.432. The molecule has 0 saturated heterocycles. The molecule has 3 nitrogen and oxygen atoms in total. The van der Waals surface area contributed by atoms with Crippen LogP contribution in [0, 0.1) is 11.7 Å². The quantitative estimate of drug-likeness (QED) is 0.769. The highest BCUT2D eigenvalue weighted by Gasteiger charge is 2.32. The normalized spacial score (nSPS) is 19.6. The average Bonchev–Trinajstić information content (AvgIpc) is 3.23. The van der Waals surface area contributed by atoms with Crippen molar-refractivity contribution in [2.24, 2.45) is 5.92 Å². The monoisotopic (exact) mass is 281 g/mol. The summed E-state index contributed by atoms with van der Waals surface area (Å²) in [4.78, 5) is 0. The molecule has 1 fully saturated rings. The number of halogens is 1. The first-order valence-electron chi connectivity index (χ1n) is 7.28. The largest absolute Gasteiger partial charge is 0.388 e. The molecule has 1 aliphatic carbocycles. The second-order valence-electron chi connectivity index (χ2n) is 5.77. The molecular formula is C16H24FNO2. The van der Waals surface area contributed by atoms with E-state index in [9.17, 15) is 9.50 Å². The summed E-state index contributed by atoms with van der Waals surface area (Å²) in [6.45, 7) is 2.78. The zero-order valence-electron chi connectivity index (χ0n) is 12.2. The Morgan fingerprint density at radius 3 is 2.55 bits per heavy atom. The minimum absolute atomic E-state index is 0.191. The van der Waals surface area contributed by atoms with Crippen molar-refractivity contribution in [3.63, 3.8) is 0 Å². The van der Waals surface area contributed by atoms with E-state index >= 15 is 0 Å². The van der Waals surface area contributed by atoms with Crippen molar-refractivity contribution in [1.82, 2.24) is 5.32 Å². The summed E-state index contributed by atoms with van der Waals surface area (Å²) in [5.41, 5.74) is 0.759. The molecule has 1 aliphatic rings. The van der Waals surface area contributed by atoms with Crippen LogP contribution in [0.2, 0.25) is 0 Å². The Morgan fingerprint density at radius 2 is 2.00 bits per heavy atom. The zero-order chi connectivity index (χ0) is 14.5. The van der Waals surface area contributed by atoms with E-state index in [0.29, 0.717) is 25.0 Å². The van der Waals surface area contributed by atoms with Crippen molar-refractivity contribution in [1.29, 1.82) is 0 Å². The highest BCUT2D eigenvalue weighted by atomic mass is 19.1. The number of benzene rings is 1. The van der Waals surface area contributed by atoms with Crippen LogP contribution in [0.4, 0.5) is 4.39 Å². The van der Waals surface area contributed by atoms with Gasteiger partial charge in [-0.25, -0.2) is 4.39 Å². The van der Waals surface area contributed by atoms with Gasteiger partial charge in [0.15, 0.2) is 0 Å². The highest BCUT2D eigenvalue weighted by Crippen LogP contribution is 2.33. The number of ether oxygens (including phenoxy) is 1. The molecule has 1 aromatic carbocycles. The first-order valence-corrected chi connectivity index (χ1v) is 7.28. The van der Waals surface area contributed by atoms with Gasteiger partial charge in [-0.2, -0.15) is 0 Å². The van der Waals surface area contributed by atoms with Crippen LogP contribution in [0.5, 0.6) is 0 Å². The van der Waals surface area contributed by atoms with E-state index in [4.69, 9.17) is 4.74 Å². The first kappa shape index (κ1) is 15.4. The number of nitrogens with one attached hydrogen (secondary N) is 1. The number of aliphatic hydroxyl groups excluding tert-OH is 1. The van der Waals surface area contributed by atoms with Crippen LogP contribution in [-0.4, -0.2) is 30.9 Å². The third-order valence-corrected chi connectivity index (χ3v) is 3.87. The van der Waals surface area contributed by atoms with Crippen molar-refractivity contribution in [2.75, 3.05) is 13.7 Å². The molecule has 1 aromatic rings. The second-order valence-corrected chi connectivity index (χ2v) is 5.77. The fourth-order valence-electron chi connectivity index (χ4n) is 2.59. The highest BCUT2D eigenvalue weighted by molar-refractivity contribution is 5.18. The molecule has 0 heterocycles. The van der Waals surface area contributed by atoms with Gasteiger partial charge in [0.1, 0.15) is 5.82 Å². The molecule has 3 atom stereocenters. The Morgan fingerprint density at radius 1 is 1.35 bits per heavy atom. The summed E-state index contributed by atoms with van der Waals surface area (Å²) in [7, 11) is 1.72. The lowest BCUT2D eigenvalue weighted by Gasteiger charge is -2.24. The average molecular weight is 281 g/mol. The molecule has 0 aliphatic heterocycles. The van der Waals surface area contributed by atoms with E-state index in [1.54, 1.807) is 19.2 Å². The number of hydrogen-bond donors (Lipinski definition) is 2. The van der Waals surface area contributed by atoms with Gasteiger partial charge in [0.25, 0.3) is 0 Å². The van der Waals surface area contributed by atoms with Crippen molar-refractivity contribution in [3.05, 3.63) is 35.6 Å². The SMILES string of the molecule is COCC(NC(C)CC(O)c1ccc(F)cc1)C1CC1. The zero-order valence-corrected chi connectivity index (χ0v) is 12.2. The van der Waals surface area contributed by atoms with Crippen LogP contribution < -0.4 is 5.32 Å². The molecule has 112 valence electrons. The Labute approximate surface area is 120 Å². The van der Waals surface area contributed by atoms with Crippen LogP contribution in [0.3, 0.4) is 0 Å². The molecule has 0 aromatic heterocycles. The molecule has 1 saturated carbocycles. The molecule has 0 radical (unpaired) electrons. The lowest BCUT2D eigenvalue weighted by Crippen LogP contribution is -2.41. The van der Waals surface area contributed by atoms with Gasteiger partial charge in [-0.05, 0) is 49.8 Å². The number of methoxy groups -OCH3 is 1. The Balaban J connectivity index is 1.83. The number of hydrogen-bond acceptors (Lipinski definition) is 3. The Hall–Kier alpha value is -0.970. The minimum Gasteiger partial charge on any atom is -0.388 e. The van der Waals surface area contributed by atoms with Gasteiger partial charge >= 0.3 is 0 Å². The van der Waals surface area contributed by atoms with Crippen LogP contribution in [-0.2, 0) is 4.74 Å². The van der Waals surface area contributed by atoms with Gasteiger partial charge in [0.2, 0.25) is 0 Å². The maximum Gasteiger partial charge on any atom is 0.123 e. The molecule has 3 unspecified atom stereocenters. The lowest BCUT2D eigenvalue weighted by molar-refractivity contribution is 0.128. The fraction of sp³-hybridized carbons (Fsp3) is 0.625. The van der Waals surface area contributed by atoms with Crippen LogP contribution in [0.15, 0.2) is 24.3 Å². The van der Waals surface area contributed by atoms with Crippen molar-refractivity contribution in [2.45, 2.75) is 44.4 Å². The summed E-state index contributed by atoms with van der Waals surface area (Å²) in [6, 6.07) is 6.61. The molecule has 20 heavy (non-hydrogen) atoms. The standard InChI is InChI=1S/C16H24FNO2/c1-11(18-15(10-20-2)12-3-4-12)9-16(19)13-5-7-14(17)8-6-13/h5-8,11-12,15-16,18-19H,3-4,9-10H2,1-2H3. The third-order valence-electron chi connectivity index (χ3n) is 3.87. The fourth-order valence-corrected chi connectivity index (χ4v) is 2.59. The third kappa shape index (κ3) is 4.54. The van der Waals surface area contributed by atoms with Gasteiger partial charge < -0.3 is 15.2 Å². The van der Waals surface area contributed by atoms with Crippen LogP contribution in [0.25, 0.3) is 0 Å². The van der Waals surface area contributed by atoms with E-state index in [-0.39, 0.29) is 11.9 Å². The van der Waals surface area contributed by atoms with Crippen LogP contribution >= 0.6 is 0 Å². The second kappa shape index (κ2) is 7.16.